The van der Waals surface area contributed by atoms with Gasteiger partial charge >= 0.3 is 12.1 Å². The van der Waals surface area contributed by atoms with Gasteiger partial charge in [-0.15, -0.1) is 0 Å². The Labute approximate surface area is 198 Å². The van der Waals surface area contributed by atoms with E-state index in [4.69, 9.17) is 26.8 Å². The van der Waals surface area contributed by atoms with Crippen LogP contribution in [0.1, 0.15) is 31.1 Å². The van der Waals surface area contributed by atoms with Crippen molar-refractivity contribution in [1.29, 1.82) is 0 Å². The number of anilines is 1. The van der Waals surface area contributed by atoms with Crippen molar-refractivity contribution in [3.63, 3.8) is 0 Å². The molecule has 2 aromatic carbocycles. The molecule has 0 radical (unpaired) electrons. The van der Waals surface area contributed by atoms with Crippen LogP contribution in [0.3, 0.4) is 0 Å². The number of hydrogen-bond acceptors (Lipinski definition) is 6. The number of methoxy groups -OCH3 is 1. The molecule has 1 heterocycles. The number of carbonyl (C=O) groups excluding carboxylic acids is 3. The summed E-state index contributed by atoms with van der Waals surface area (Å²) in [4.78, 5) is 41.3. The average molecular weight is 474 g/mol. The molecule has 0 saturated carbocycles. The minimum absolute atomic E-state index is 0.0376. The number of esters is 1. The lowest BCUT2D eigenvalue weighted by atomic mass is 10.0. The standard InChI is InChI=1S/C24H28ClN3O5/c1-24(2,3)33-23(31)27-11-12-28(20(14-27)22(30)32-4)21(29)18-13-16(7-10-19(18)26)15-5-8-17(25)9-6-15/h5-10,13,20H,11-12,14,26H2,1-4H3. The van der Waals surface area contributed by atoms with Crippen LogP contribution in [0.5, 0.6) is 0 Å². The third-order valence-corrected chi connectivity index (χ3v) is 5.48. The highest BCUT2D eigenvalue weighted by Crippen LogP contribution is 2.27. The maximum Gasteiger partial charge on any atom is 0.410 e. The molecular weight excluding hydrogens is 446 g/mol. The van der Waals surface area contributed by atoms with Gasteiger partial charge in [-0.1, -0.05) is 29.8 Å². The third-order valence-electron chi connectivity index (χ3n) is 5.23. The fraction of sp³-hybridized carbons (Fsp3) is 0.375. The minimum atomic E-state index is -0.984. The number of nitrogens with zero attached hydrogens (tertiary/aromatic N) is 2. The van der Waals surface area contributed by atoms with Crippen molar-refractivity contribution in [2.75, 3.05) is 32.5 Å². The lowest BCUT2D eigenvalue weighted by Crippen LogP contribution is -2.60. The molecule has 176 valence electrons. The molecule has 1 fully saturated rings. The van der Waals surface area contributed by atoms with Gasteiger partial charge in [0.15, 0.2) is 0 Å². The molecule has 1 aliphatic rings. The van der Waals surface area contributed by atoms with E-state index < -0.39 is 29.6 Å². The van der Waals surface area contributed by atoms with Gasteiger partial charge in [0.25, 0.3) is 5.91 Å². The highest BCUT2D eigenvalue weighted by Gasteiger charge is 2.39. The molecule has 2 aromatic rings. The van der Waals surface area contributed by atoms with Gasteiger partial charge < -0.3 is 25.0 Å². The number of carbonyl (C=O) groups is 3. The van der Waals surface area contributed by atoms with E-state index in [0.29, 0.717) is 5.02 Å². The summed E-state index contributed by atoms with van der Waals surface area (Å²) in [5, 5.41) is 0.606. The number of piperazine rings is 1. The van der Waals surface area contributed by atoms with Gasteiger partial charge in [-0.25, -0.2) is 9.59 Å². The zero-order valence-electron chi connectivity index (χ0n) is 19.1. The van der Waals surface area contributed by atoms with E-state index in [9.17, 15) is 14.4 Å². The summed E-state index contributed by atoms with van der Waals surface area (Å²) < 4.78 is 10.3. The van der Waals surface area contributed by atoms with Crippen LogP contribution in [0.4, 0.5) is 10.5 Å². The SMILES string of the molecule is COC(=O)C1CN(C(=O)OC(C)(C)C)CCN1C(=O)c1cc(-c2ccc(Cl)cc2)ccc1N. The lowest BCUT2D eigenvalue weighted by molar-refractivity contribution is -0.147. The van der Waals surface area contributed by atoms with E-state index in [1.54, 1.807) is 45.0 Å². The topological polar surface area (TPSA) is 102 Å². The Kier molecular flexibility index (Phi) is 7.17. The fourth-order valence-electron chi connectivity index (χ4n) is 3.57. The van der Waals surface area contributed by atoms with Crippen molar-refractivity contribution < 1.29 is 23.9 Å². The fourth-order valence-corrected chi connectivity index (χ4v) is 3.70. The van der Waals surface area contributed by atoms with Gasteiger partial charge in [0.05, 0.1) is 19.2 Å². The summed E-state index contributed by atoms with van der Waals surface area (Å²) >= 11 is 5.97. The van der Waals surface area contributed by atoms with Crippen LogP contribution in [0.15, 0.2) is 42.5 Å². The highest BCUT2D eigenvalue weighted by molar-refractivity contribution is 6.30. The number of ether oxygens (including phenoxy) is 2. The number of nitrogens with two attached hydrogens (primary N) is 1. The third kappa shape index (κ3) is 5.76. The van der Waals surface area contributed by atoms with Gasteiger partial charge in [0.1, 0.15) is 11.6 Å². The summed E-state index contributed by atoms with van der Waals surface area (Å²) in [7, 11) is 1.24. The van der Waals surface area contributed by atoms with Crippen LogP contribution in [0.25, 0.3) is 11.1 Å². The van der Waals surface area contributed by atoms with Crippen LogP contribution in [0, 0.1) is 0 Å². The second-order valence-electron chi connectivity index (χ2n) is 8.77. The minimum Gasteiger partial charge on any atom is -0.467 e. The maximum atomic E-state index is 13.5. The molecule has 1 aliphatic heterocycles. The van der Waals surface area contributed by atoms with Crippen LogP contribution in [-0.2, 0) is 14.3 Å². The second-order valence-corrected chi connectivity index (χ2v) is 9.21. The van der Waals surface area contributed by atoms with E-state index in [-0.39, 0.29) is 30.9 Å². The monoisotopic (exact) mass is 473 g/mol. The highest BCUT2D eigenvalue weighted by atomic mass is 35.5. The Morgan fingerprint density at radius 1 is 1.03 bits per heavy atom. The van der Waals surface area contributed by atoms with Crippen LogP contribution < -0.4 is 5.73 Å². The van der Waals surface area contributed by atoms with Gasteiger partial charge in [0, 0.05) is 23.8 Å². The van der Waals surface area contributed by atoms with Crippen molar-refractivity contribution in [2.45, 2.75) is 32.4 Å². The molecule has 8 nitrogen and oxygen atoms in total. The first kappa shape index (κ1) is 24.4. The molecule has 0 bridgehead atoms. The summed E-state index contributed by atoms with van der Waals surface area (Å²) in [6.07, 6.45) is -0.548. The smallest absolute Gasteiger partial charge is 0.410 e. The molecule has 9 heteroatoms. The molecule has 1 atom stereocenters. The molecule has 1 unspecified atom stereocenters. The molecule has 2 amide bonds. The van der Waals surface area contributed by atoms with Crippen molar-refractivity contribution in [2.24, 2.45) is 0 Å². The molecule has 2 N–H and O–H groups in total. The first-order chi connectivity index (χ1) is 15.5. The van der Waals surface area contributed by atoms with Crippen molar-refractivity contribution in [3.05, 3.63) is 53.1 Å². The quantitative estimate of drug-likeness (QED) is 0.537. The molecule has 0 aromatic heterocycles. The molecule has 1 saturated heterocycles. The molecular formula is C24H28ClN3O5. The summed E-state index contributed by atoms with van der Waals surface area (Å²) in [5.41, 5.74) is 7.66. The average Bonchev–Trinajstić information content (AvgIpc) is 2.77. The van der Waals surface area contributed by atoms with Crippen molar-refractivity contribution in [3.8, 4) is 11.1 Å². The predicted molar refractivity (Wildman–Crippen MR) is 126 cm³/mol. The van der Waals surface area contributed by atoms with Gasteiger partial charge in [-0.05, 0) is 56.2 Å². The first-order valence-electron chi connectivity index (χ1n) is 10.5. The van der Waals surface area contributed by atoms with Crippen molar-refractivity contribution in [1.82, 2.24) is 9.80 Å². The number of nitrogen functional groups attached to an aromatic ring is 1. The lowest BCUT2D eigenvalue weighted by Gasteiger charge is -2.40. The van der Waals surface area contributed by atoms with Gasteiger partial charge in [-0.3, -0.25) is 4.79 Å². The van der Waals surface area contributed by atoms with E-state index >= 15 is 0 Å². The normalized spacial score (nSPS) is 16.3. The Bertz CT molecular complexity index is 1050. The zero-order chi connectivity index (χ0) is 24.3. The molecule has 0 aliphatic carbocycles. The maximum absolute atomic E-state index is 13.5. The van der Waals surface area contributed by atoms with Gasteiger partial charge in [-0.2, -0.15) is 0 Å². The van der Waals surface area contributed by atoms with Crippen LogP contribution in [-0.4, -0.2) is 66.2 Å². The summed E-state index contributed by atoms with van der Waals surface area (Å²) in [5.74, 6) is -1.04. The number of benzene rings is 2. The van der Waals surface area contributed by atoms with E-state index in [1.807, 2.05) is 18.2 Å². The molecule has 3 rings (SSSR count). The Morgan fingerprint density at radius 2 is 1.67 bits per heavy atom. The summed E-state index contributed by atoms with van der Waals surface area (Å²) in [6, 6.07) is 11.4. The molecule has 0 spiro atoms. The number of hydrogen-bond donors (Lipinski definition) is 1. The predicted octanol–water partition coefficient (Wildman–Crippen LogP) is 3.82. The zero-order valence-corrected chi connectivity index (χ0v) is 19.9. The second kappa shape index (κ2) is 9.70. The van der Waals surface area contributed by atoms with Crippen LogP contribution >= 0.6 is 11.6 Å². The van der Waals surface area contributed by atoms with Crippen LogP contribution in [0.2, 0.25) is 5.02 Å². The van der Waals surface area contributed by atoms with E-state index in [2.05, 4.69) is 0 Å². The first-order valence-corrected chi connectivity index (χ1v) is 10.9. The number of rotatable bonds is 3. The Balaban J connectivity index is 1.87. The summed E-state index contributed by atoms with van der Waals surface area (Å²) in [6.45, 7) is 5.59. The number of halogens is 1. The van der Waals surface area contributed by atoms with E-state index in [0.717, 1.165) is 11.1 Å². The Hall–Kier alpha value is -3.26. The van der Waals surface area contributed by atoms with Crippen molar-refractivity contribution >= 4 is 35.3 Å². The van der Waals surface area contributed by atoms with Gasteiger partial charge in [0.2, 0.25) is 0 Å². The Morgan fingerprint density at radius 3 is 2.27 bits per heavy atom. The molecule has 33 heavy (non-hydrogen) atoms. The number of amides is 2. The van der Waals surface area contributed by atoms with E-state index in [1.165, 1.54) is 16.9 Å². The largest absolute Gasteiger partial charge is 0.467 e.